The molecule has 2 nitrogen and oxygen atoms in total. The Bertz CT molecular complexity index is 679. The van der Waals surface area contributed by atoms with E-state index in [9.17, 15) is 4.79 Å². The van der Waals surface area contributed by atoms with Crippen LogP contribution in [0.25, 0.3) is 10.8 Å². The summed E-state index contributed by atoms with van der Waals surface area (Å²) in [6.45, 7) is 0. The highest BCUT2D eigenvalue weighted by atomic mass is 16.1. The summed E-state index contributed by atoms with van der Waals surface area (Å²) in [6, 6.07) is 15.7. The van der Waals surface area contributed by atoms with Crippen molar-refractivity contribution in [3.63, 3.8) is 0 Å². The monoisotopic (exact) mass is 279 g/mol. The summed E-state index contributed by atoms with van der Waals surface area (Å²) in [4.78, 5) is 15.3. The molecule has 2 aliphatic rings. The number of carbonyl (C=O) groups is 1. The molecule has 21 heavy (non-hydrogen) atoms. The summed E-state index contributed by atoms with van der Waals surface area (Å²) in [5.74, 6) is 0.575. The highest BCUT2D eigenvalue weighted by Crippen LogP contribution is 2.38. The number of piperidine rings is 1. The summed E-state index contributed by atoms with van der Waals surface area (Å²) >= 11 is 0. The Balaban J connectivity index is 1.61. The summed E-state index contributed by atoms with van der Waals surface area (Å²) in [7, 11) is 2.22. The minimum Gasteiger partial charge on any atom is -0.300 e. The summed E-state index contributed by atoms with van der Waals surface area (Å²) in [5.41, 5.74) is 0.891. The Morgan fingerprint density at radius 1 is 1.00 bits per heavy atom. The van der Waals surface area contributed by atoms with Crippen molar-refractivity contribution in [1.29, 1.82) is 0 Å². The molecule has 4 rings (SSSR count). The van der Waals surface area contributed by atoms with E-state index in [2.05, 4.69) is 36.2 Å². The van der Waals surface area contributed by atoms with Gasteiger partial charge in [-0.05, 0) is 49.6 Å². The molecule has 2 unspecified atom stereocenters. The first-order valence-corrected chi connectivity index (χ1v) is 7.97. The van der Waals surface area contributed by atoms with E-state index in [4.69, 9.17) is 0 Å². The Morgan fingerprint density at radius 3 is 2.38 bits per heavy atom. The molecular formula is C19H21NO. The van der Waals surface area contributed by atoms with E-state index in [0.717, 1.165) is 18.4 Å². The lowest BCUT2D eigenvalue weighted by molar-refractivity contribution is 0.0767. The average molecular weight is 279 g/mol. The zero-order valence-corrected chi connectivity index (χ0v) is 12.5. The van der Waals surface area contributed by atoms with Crippen molar-refractivity contribution in [2.24, 2.45) is 5.92 Å². The van der Waals surface area contributed by atoms with Crippen molar-refractivity contribution in [3.05, 3.63) is 48.0 Å². The largest absolute Gasteiger partial charge is 0.300 e. The van der Waals surface area contributed by atoms with E-state index in [1.807, 2.05) is 18.2 Å². The number of fused-ring (bicyclic) bond motifs is 3. The van der Waals surface area contributed by atoms with Crippen molar-refractivity contribution < 1.29 is 4.79 Å². The third-order valence-electron chi connectivity index (χ3n) is 5.50. The van der Waals surface area contributed by atoms with Crippen LogP contribution >= 0.6 is 0 Å². The van der Waals surface area contributed by atoms with Crippen molar-refractivity contribution in [3.8, 4) is 0 Å². The van der Waals surface area contributed by atoms with Crippen molar-refractivity contribution >= 4 is 16.6 Å². The van der Waals surface area contributed by atoms with Gasteiger partial charge in [-0.15, -0.1) is 0 Å². The maximum absolute atomic E-state index is 12.9. The van der Waals surface area contributed by atoms with Crippen molar-refractivity contribution in [1.82, 2.24) is 4.90 Å². The molecule has 0 radical (unpaired) electrons. The van der Waals surface area contributed by atoms with Gasteiger partial charge in [0.1, 0.15) is 0 Å². The second-order valence-electron chi connectivity index (χ2n) is 6.64. The van der Waals surface area contributed by atoms with Crippen LogP contribution in [0.4, 0.5) is 0 Å². The van der Waals surface area contributed by atoms with E-state index < -0.39 is 0 Å². The molecule has 2 aliphatic heterocycles. The predicted octanol–water partition coefficient (Wildman–Crippen LogP) is 3.90. The van der Waals surface area contributed by atoms with Gasteiger partial charge in [-0.3, -0.25) is 4.79 Å². The van der Waals surface area contributed by atoms with E-state index >= 15 is 0 Å². The van der Waals surface area contributed by atoms with E-state index in [0.29, 0.717) is 17.9 Å². The first kappa shape index (κ1) is 13.0. The quantitative estimate of drug-likeness (QED) is 0.777. The molecule has 2 atom stereocenters. The molecule has 2 bridgehead atoms. The SMILES string of the molecule is CN1C2CCC1CC(C(=O)c1ccc3ccccc3c1)C2. The zero-order chi connectivity index (χ0) is 14.4. The lowest BCUT2D eigenvalue weighted by Crippen LogP contribution is -2.42. The average Bonchev–Trinajstić information content (AvgIpc) is 2.75. The number of Topliss-reactive ketones (excluding diaryl/α,β-unsaturated/α-hetero) is 1. The standard InChI is InChI=1S/C19H21NO/c1-20-17-8-9-18(20)12-16(11-17)19(21)15-7-6-13-4-2-3-5-14(13)10-15/h2-7,10,16-18H,8-9,11-12H2,1H3. The smallest absolute Gasteiger partial charge is 0.166 e. The molecule has 108 valence electrons. The van der Waals surface area contributed by atoms with Gasteiger partial charge in [0.25, 0.3) is 0 Å². The molecule has 2 aromatic rings. The summed E-state index contributed by atoms with van der Waals surface area (Å²) in [6.07, 6.45) is 4.61. The topological polar surface area (TPSA) is 20.3 Å². The Hall–Kier alpha value is -1.67. The number of benzene rings is 2. The number of hydrogen-bond donors (Lipinski definition) is 0. The van der Waals surface area contributed by atoms with Crippen LogP contribution in [0.3, 0.4) is 0 Å². The fourth-order valence-electron chi connectivity index (χ4n) is 4.20. The molecule has 2 aromatic carbocycles. The third-order valence-corrected chi connectivity index (χ3v) is 5.50. The lowest BCUT2D eigenvalue weighted by atomic mass is 9.84. The number of hydrogen-bond acceptors (Lipinski definition) is 2. The van der Waals surface area contributed by atoms with E-state index in [-0.39, 0.29) is 5.92 Å². The molecule has 2 fully saturated rings. The molecule has 2 saturated heterocycles. The van der Waals surface area contributed by atoms with E-state index in [1.54, 1.807) is 0 Å². The fourth-order valence-corrected chi connectivity index (χ4v) is 4.20. The van der Waals surface area contributed by atoms with Gasteiger partial charge in [0, 0.05) is 23.6 Å². The molecule has 0 spiro atoms. The maximum Gasteiger partial charge on any atom is 0.166 e. The molecule has 0 amide bonds. The zero-order valence-electron chi connectivity index (χ0n) is 12.5. The highest BCUT2D eigenvalue weighted by Gasteiger charge is 2.40. The highest BCUT2D eigenvalue weighted by molar-refractivity contribution is 6.01. The minimum atomic E-state index is 0.222. The van der Waals surface area contributed by atoms with Crippen LogP contribution in [0.2, 0.25) is 0 Å². The minimum absolute atomic E-state index is 0.222. The second-order valence-corrected chi connectivity index (χ2v) is 6.64. The molecule has 2 heterocycles. The van der Waals surface area contributed by atoms with Crippen molar-refractivity contribution in [2.75, 3.05) is 7.05 Å². The van der Waals surface area contributed by atoms with Crippen LogP contribution in [0, 0.1) is 5.92 Å². The molecule has 0 N–H and O–H groups in total. The molecule has 0 saturated carbocycles. The van der Waals surface area contributed by atoms with Crippen LogP contribution in [0.5, 0.6) is 0 Å². The fraction of sp³-hybridized carbons (Fsp3) is 0.421. The Labute approximate surface area is 125 Å². The van der Waals surface area contributed by atoms with Crippen LogP contribution in [0.1, 0.15) is 36.0 Å². The second kappa shape index (κ2) is 4.96. The van der Waals surface area contributed by atoms with Gasteiger partial charge >= 0.3 is 0 Å². The number of ketones is 1. The van der Waals surface area contributed by atoms with E-state index in [1.165, 1.54) is 23.6 Å². The van der Waals surface area contributed by atoms with Gasteiger partial charge in [-0.25, -0.2) is 0 Å². The van der Waals surface area contributed by atoms with Crippen LogP contribution in [0.15, 0.2) is 42.5 Å². The Morgan fingerprint density at radius 2 is 1.67 bits per heavy atom. The third kappa shape index (κ3) is 2.18. The first-order chi connectivity index (χ1) is 10.2. The number of carbonyl (C=O) groups excluding carboxylic acids is 1. The van der Waals surface area contributed by atoms with Gasteiger partial charge in [0.15, 0.2) is 5.78 Å². The van der Waals surface area contributed by atoms with Crippen LogP contribution < -0.4 is 0 Å². The van der Waals surface area contributed by atoms with Gasteiger partial charge in [-0.2, -0.15) is 0 Å². The summed E-state index contributed by atoms with van der Waals surface area (Å²) < 4.78 is 0. The number of nitrogens with zero attached hydrogens (tertiary/aromatic N) is 1. The molecular weight excluding hydrogens is 258 g/mol. The molecule has 2 heteroatoms. The molecule has 0 aliphatic carbocycles. The summed E-state index contributed by atoms with van der Waals surface area (Å²) in [5, 5.41) is 2.37. The number of rotatable bonds is 2. The van der Waals surface area contributed by atoms with Crippen LogP contribution in [-0.2, 0) is 0 Å². The first-order valence-electron chi connectivity index (χ1n) is 7.97. The maximum atomic E-state index is 12.9. The predicted molar refractivity (Wildman–Crippen MR) is 85.6 cm³/mol. The van der Waals surface area contributed by atoms with Gasteiger partial charge in [-0.1, -0.05) is 36.4 Å². The molecule has 0 aromatic heterocycles. The lowest BCUT2D eigenvalue weighted by Gasteiger charge is -2.35. The van der Waals surface area contributed by atoms with Crippen LogP contribution in [-0.4, -0.2) is 29.8 Å². The van der Waals surface area contributed by atoms with Gasteiger partial charge in [0.2, 0.25) is 0 Å². The van der Waals surface area contributed by atoms with Crippen molar-refractivity contribution in [2.45, 2.75) is 37.8 Å². The van der Waals surface area contributed by atoms with Gasteiger partial charge in [0.05, 0.1) is 0 Å². The Kier molecular flexibility index (Phi) is 3.07. The normalized spacial score (nSPS) is 28.9. The van der Waals surface area contributed by atoms with Gasteiger partial charge < -0.3 is 4.90 Å².